The first-order chi connectivity index (χ1) is 12.3. The summed E-state index contributed by atoms with van der Waals surface area (Å²) >= 11 is 0. The predicted octanol–water partition coefficient (Wildman–Crippen LogP) is 2.45. The molecule has 146 valence electrons. The van der Waals surface area contributed by atoms with Gasteiger partial charge in [-0.05, 0) is 46.2 Å². The molecule has 0 spiro atoms. The van der Waals surface area contributed by atoms with E-state index in [4.69, 9.17) is 9.47 Å². The highest BCUT2D eigenvalue weighted by molar-refractivity contribution is 5.79. The van der Waals surface area contributed by atoms with Crippen LogP contribution in [0.5, 0.6) is 5.75 Å². The molecule has 0 bridgehead atoms. The number of hydrogen-bond acceptors (Lipinski definition) is 4. The van der Waals surface area contributed by atoms with Gasteiger partial charge in [0.05, 0.1) is 6.54 Å². The van der Waals surface area contributed by atoms with Crippen LogP contribution < -0.4 is 20.7 Å². The predicted molar refractivity (Wildman–Crippen MR) is 105 cm³/mol. The van der Waals surface area contributed by atoms with Crippen LogP contribution in [-0.2, 0) is 4.74 Å². The van der Waals surface area contributed by atoms with Crippen molar-refractivity contribution >= 4 is 12.1 Å². The molecule has 0 aliphatic rings. The molecular weight excluding hydrogens is 332 g/mol. The molecule has 0 aliphatic carbocycles. The molecule has 1 aromatic carbocycles. The van der Waals surface area contributed by atoms with Gasteiger partial charge in [-0.1, -0.05) is 17.7 Å². The SMILES string of the molecule is CN=C(NCCCNC(=O)OC(C)(C)C)NCCOc1ccc(C)cc1. The van der Waals surface area contributed by atoms with Gasteiger partial charge < -0.3 is 25.4 Å². The van der Waals surface area contributed by atoms with Gasteiger partial charge in [0.15, 0.2) is 5.96 Å². The minimum atomic E-state index is -0.477. The summed E-state index contributed by atoms with van der Waals surface area (Å²) in [5.74, 6) is 1.56. The van der Waals surface area contributed by atoms with Crippen molar-refractivity contribution in [3.8, 4) is 5.75 Å². The van der Waals surface area contributed by atoms with Crippen LogP contribution in [0.25, 0.3) is 0 Å². The molecule has 0 aliphatic heterocycles. The van der Waals surface area contributed by atoms with Gasteiger partial charge in [0, 0.05) is 20.1 Å². The quantitative estimate of drug-likeness (QED) is 0.375. The maximum atomic E-state index is 11.5. The van der Waals surface area contributed by atoms with Crippen LogP contribution in [0.15, 0.2) is 29.3 Å². The standard InChI is InChI=1S/C19H32N4O3/c1-15-7-9-16(10-8-15)25-14-13-22-17(20-5)21-11-6-12-23-18(24)26-19(2,3)4/h7-10H,6,11-14H2,1-5H3,(H,23,24)(H2,20,21,22). The van der Waals surface area contributed by atoms with Crippen LogP contribution in [0.4, 0.5) is 4.79 Å². The Hall–Kier alpha value is -2.44. The van der Waals surface area contributed by atoms with Gasteiger partial charge in [0.1, 0.15) is 18.0 Å². The van der Waals surface area contributed by atoms with Gasteiger partial charge in [-0.15, -0.1) is 0 Å². The Bertz CT molecular complexity index is 565. The molecule has 1 aromatic rings. The summed E-state index contributed by atoms with van der Waals surface area (Å²) in [7, 11) is 1.72. The van der Waals surface area contributed by atoms with Crippen LogP contribution >= 0.6 is 0 Å². The van der Waals surface area contributed by atoms with E-state index in [0.29, 0.717) is 32.2 Å². The summed E-state index contributed by atoms with van der Waals surface area (Å²) < 4.78 is 10.8. The molecule has 0 aromatic heterocycles. The number of carbonyl (C=O) groups excluding carboxylic acids is 1. The Kier molecular flexibility index (Phi) is 9.33. The second-order valence-corrected chi connectivity index (χ2v) is 6.87. The Labute approximate surface area is 156 Å². The molecule has 7 nitrogen and oxygen atoms in total. The Morgan fingerprint density at radius 2 is 1.65 bits per heavy atom. The van der Waals surface area contributed by atoms with Gasteiger partial charge in [0.2, 0.25) is 0 Å². The van der Waals surface area contributed by atoms with Gasteiger partial charge in [-0.2, -0.15) is 0 Å². The molecule has 0 heterocycles. The average molecular weight is 364 g/mol. The van der Waals surface area contributed by atoms with Crippen molar-refractivity contribution in [2.24, 2.45) is 4.99 Å². The summed E-state index contributed by atoms with van der Waals surface area (Å²) in [6.07, 6.45) is 0.369. The first-order valence-corrected chi connectivity index (χ1v) is 8.91. The van der Waals surface area contributed by atoms with E-state index in [-0.39, 0.29) is 0 Å². The van der Waals surface area contributed by atoms with E-state index >= 15 is 0 Å². The lowest BCUT2D eigenvalue weighted by atomic mass is 10.2. The summed E-state index contributed by atoms with van der Waals surface area (Å²) in [6, 6.07) is 7.96. The Balaban J connectivity index is 2.10. The van der Waals surface area contributed by atoms with Crippen molar-refractivity contribution in [1.82, 2.24) is 16.0 Å². The lowest BCUT2D eigenvalue weighted by Gasteiger charge is -2.19. The molecule has 7 heteroatoms. The number of alkyl carbamates (subject to hydrolysis) is 1. The fraction of sp³-hybridized carbons (Fsp3) is 0.579. The van der Waals surface area contributed by atoms with Crippen LogP contribution in [0.1, 0.15) is 32.8 Å². The highest BCUT2D eigenvalue weighted by Gasteiger charge is 2.15. The van der Waals surface area contributed by atoms with Crippen molar-refractivity contribution < 1.29 is 14.3 Å². The molecule has 0 atom stereocenters. The number of ether oxygens (including phenoxy) is 2. The third kappa shape index (κ3) is 10.4. The molecule has 0 unspecified atom stereocenters. The summed E-state index contributed by atoms with van der Waals surface area (Å²) in [6.45, 7) is 9.98. The third-order valence-electron chi connectivity index (χ3n) is 3.22. The fourth-order valence-corrected chi connectivity index (χ4v) is 1.99. The number of carbonyl (C=O) groups is 1. The molecule has 0 radical (unpaired) electrons. The highest BCUT2D eigenvalue weighted by atomic mass is 16.6. The maximum absolute atomic E-state index is 11.5. The zero-order valence-electron chi connectivity index (χ0n) is 16.5. The molecule has 0 saturated carbocycles. The van der Waals surface area contributed by atoms with Gasteiger partial charge in [-0.25, -0.2) is 4.79 Å². The highest BCUT2D eigenvalue weighted by Crippen LogP contribution is 2.10. The number of nitrogens with one attached hydrogen (secondary N) is 3. The lowest BCUT2D eigenvalue weighted by Crippen LogP contribution is -2.40. The van der Waals surface area contributed by atoms with E-state index in [1.807, 2.05) is 52.0 Å². The third-order valence-corrected chi connectivity index (χ3v) is 3.22. The zero-order valence-corrected chi connectivity index (χ0v) is 16.5. The van der Waals surface area contributed by atoms with E-state index in [1.165, 1.54) is 5.56 Å². The first-order valence-electron chi connectivity index (χ1n) is 8.91. The van der Waals surface area contributed by atoms with E-state index < -0.39 is 11.7 Å². The Morgan fingerprint density at radius 3 is 2.27 bits per heavy atom. The average Bonchev–Trinajstić information content (AvgIpc) is 2.56. The smallest absolute Gasteiger partial charge is 0.407 e. The number of hydrogen-bond donors (Lipinski definition) is 3. The summed E-state index contributed by atoms with van der Waals surface area (Å²) in [5, 5.41) is 9.10. The number of aryl methyl sites for hydroxylation is 1. The minimum absolute atomic E-state index is 0.395. The normalized spacial score (nSPS) is 11.7. The fourth-order valence-electron chi connectivity index (χ4n) is 1.99. The van der Waals surface area contributed by atoms with Crippen LogP contribution in [0.3, 0.4) is 0 Å². The number of guanidine groups is 1. The largest absolute Gasteiger partial charge is 0.492 e. The van der Waals surface area contributed by atoms with Gasteiger partial charge in [-0.3, -0.25) is 4.99 Å². The van der Waals surface area contributed by atoms with E-state index in [1.54, 1.807) is 7.05 Å². The second kappa shape index (κ2) is 11.2. The van der Waals surface area contributed by atoms with Crippen molar-refractivity contribution in [3.05, 3.63) is 29.8 Å². The number of aliphatic imine (C=N–C) groups is 1. The molecule has 0 saturated heterocycles. The number of rotatable bonds is 8. The van der Waals surface area contributed by atoms with Gasteiger partial charge in [0.25, 0.3) is 0 Å². The molecule has 1 rings (SSSR count). The van der Waals surface area contributed by atoms with Crippen LogP contribution in [0, 0.1) is 6.92 Å². The number of nitrogens with zero attached hydrogens (tertiary/aromatic N) is 1. The molecular formula is C19H32N4O3. The zero-order chi connectivity index (χ0) is 19.4. The second-order valence-electron chi connectivity index (χ2n) is 6.87. The molecule has 0 fully saturated rings. The summed E-state index contributed by atoms with van der Waals surface area (Å²) in [5.41, 5.74) is 0.732. The maximum Gasteiger partial charge on any atom is 0.407 e. The van der Waals surface area contributed by atoms with E-state index in [2.05, 4.69) is 20.9 Å². The minimum Gasteiger partial charge on any atom is -0.492 e. The molecule has 3 N–H and O–H groups in total. The molecule has 26 heavy (non-hydrogen) atoms. The Morgan fingerprint density at radius 1 is 1.04 bits per heavy atom. The lowest BCUT2D eigenvalue weighted by molar-refractivity contribution is 0.0527. The van der Waals surface area contributed by atoms with Crippen molar-refractivity contribution in [2.45, 2.75) is 39.7 Å². The monoisotopic (exact) mass is 364 g/mol. The van der Waals surface area contributed by atoms with Crippen molar-refractivity contribution in [2.75, 3.05) is 33.3 Å². The first kappa shape index (κ1) is 21.6. The van der Waals surface area contributed by atoms with Crippen LogP contribution in [-0.4, -0.2) is 50.9 Å². The van der Waals surface area contributed by atoms with Crippen molar-refractivity contribution in [3.63, 3.8) is 0 Å². The summed E-state index contributed by atoms with van der Waals surface area (Å²) in [4.78, 5) is 15.7. The van der Waals surface area contributed by atoms with Crippen LogP contribution in [0.2, 0.25) is 0 Å². The van der Waals surface area contributed by atoms with Gasteiger partial charge >= 0.3 is 6.09 Å². The van der Waals surface area contributed by atoms with E-state index in [9.17, 15) is 4.79 Å². The number of amides is 1. The van der Waals surface area contributed by atoms with E-state index in [0.717, 1.165) is 12.2 Å². The topological polar surface area (TPSA) is 84.0 Å². The number of benzene rings is 1. The molecule has 1 amide bonds. The van der Waals surface area contributed by atoms with Crippen molar-refractivity contribution in [1.29, 1.82) is 0 Å².